The van der Waals surface area contributed by atoms with Gasteiger partial charge in [-0.15, -0.1) is 0 Å². The van der Waals surface area contributed by atoms with E-state index in [0.29, 0.717) is 5.75 Å². The van der Waals surface area contributed by atoms with E-state index in [0.717, 1.165) is 46.8 Å². The molecule has 0 unspecified atom stereocenters. The van der Waals surface area contributed by atoms with Crippen molar-refractivity contribution >= 4 is 22.7 Å². The van der Waals surface area contributed by atoms with Crippen LogP contribution >= 0.6 is 11.8 Å². The van der Waals surface area contributed by atoms with Crippen LogP contribution in [0.5, 0.6) is 5.75 Å². The minimum absolute atomic E-state index is 0.0899. The molecule has 0 saturated heterocycles. The van der Waals surface area contributed by atoms with Crippen molar-refractivity contribution in [3.8, 4) is 5.75 Å². The Bertz CT molecular complexity index is 977. The highest BCUT2D eigenvalue weighted by Crippen LogP contribution is 2.46. The molecule has 0 radical (unpaired) electrons. The molecule has 3 aromatic carbocycles. The minimum atomic E-state index is -4.37. The standard InChI is InChI=1S/C26H26F3OS2/c1-2-25(17-9-10-18-25)30-23-19-22(15-16-24(23)31-26(27,28)29)32(20-11-5-3-6-12-20)21-13-7-4-8-14-21/h3-8,11-16,19H,2,9-10,17-18H2,1H3/q+1. The van der Waals surface area contributed by atoms with Crippen LogP contribution in [0.15, 0.2) is 98.4 Å². The minimum Gasteiger partial charge on any atom is -0.486 e. The summed E-state index contributed by atoms with van der Waals surface area (Å²) in [6, 6.07) is 25.4. The smallest absolute Gasteiger partial charge is 0.446 e. The summed E-state index contributed by atoms with van der Waals surface area (Å²) in [4.78, 5) is 3.32. The average Bonchev–Trinajstić information content (AvgIpc) is 3.25. The third-order valence-corrected chi connectivity index (χ3v) is 8.82. The van der Waals surface area contributed by atoms with Gasteiger partial charge in [0.15, 0.2) is 14.7 Å². The summed E-state index contributed by atoms with van der Waals surface area (Å²) >= 11 is -0.0899. The fourth-order valence-corrected chi connectivity index (χ4v) is 6.90. The van der Waals surface area contributed by atoms with Crippen LogP contribution in [0.3, 0.4) is 0 Å². The molecule has 1 fully saturated rings. The van der Waals surface area contributed by atoms with E-state index in [9.17, 15) is 13.2 Å². The molecule has 1 nitrogen and oxygen atoms in total. The highest BCUT2D eigenvalue weighted by Gasteiger charge is 2.38. The van der Waals surface area contributed by atoms with Gasteiger partial charge in [0.2, 0.25) is 0 Å². The predicted octanol–water partition coefficient (Wildman–Crippen LogP) is 8.50. The SMILES string of the molecule is CCC1(Oc2cc([S+](c3ccccc3)c3ccccc3)ccc2SC(F)(F)F)CCCC1. The van der Waals surface area contributed by atoms with E-state index in [-0.39, 0.29) is 22.3 Å². The second-order valence-corrected chi connectivity index (χ2v) is 11.1. The Labute approximate surface area is 194 Å². The molecule has 1 aliphatic rings. The highest BCUT2D eigenvalue weighted by atomic mass is 32.2. The van der Waals surface area contributed by atoms with Crippen molar-refractivity contribution in [2.24, 2.45) is 0 Å². The van der Waals surface area contributed by atoms with Crippen LogP contribution in [0.4, 0.5) is 13.2 Å². The number of alkyl halides is 3. The van der Waals surface area contributed by atoms with Gasteiger partial charge in [-0.25, -0.2) is 0 Å². The Morgan fingerprint density at radius 3 is 1.91 bits per heavy atom. The third-order valence-electron chi connectivity index (χ3n) is 5.82. The molecule has 0 heterocycles. The van der Waals surface area contributed by atoms with Gasteiger partial charge in [0.05, 0.1) is 15.8 Å². The molecule has 168 valence electrons. The molecule has 6 heteroatoms. The highest BCUT2D eigenvalue weighted by molar-refractivity contribution is 8.00. The summed E-state index contributed by atoms with van der Waals surface area (Å²) in [5.74, 6) is 0.345. The zero-order chi connectivity index (χ0) is 22.6. The maximum Gasteiger partial charge on any atom is 0.446 e. The van der Waals surface area contributed by atoms with Gasteiger partial charge in [0.1, 0.15) is 11.4 Å². The van der Waals surface area contributed by atoms with Crippen molar-refractivity contribution in [3.05, 3.63) is 78.9 Å². The van der Waals surface area contributed by atoms with Crippen LogP contribution in [-0.4, -0.2) is 11.1 Å². The summed E-state index contributed by atoms with van der Waals surface area (Å²) in [7, 11) is -0.445. The number of benzene rings is 3. The monoisotopic (exact) mass is 475 g/mol. The van der Waals surface area contributed by atoms with Gasteiger partial charge in [-0.1, -0.05) is 43.3 Å². The second kappa shape index (κ2) is 9.84. The van der Waals surface area contributed by atoms with Crippen molar-refractivity contribution in [2.75, 3.05) is 0 Å². The van der Waals surface area contributed by atoms with E-state index in [1.807, 2.05) is 48.5 Å². The van der Waals surface area contributed by atoms with E-state index in [2.05, 4.69) is 31.2 Å². The summed E-state index contributed by atoms with van der Waals surface area (Å²) in [6.07, 6.45) is 4.65. The lowest BCUT2D eigenvalue weighted by Crippen LogP contribution is -2.31. The zero-order valence-corrected chi connectivity index (χ0v) is 19.5. The summed E-state index contributed by atoms with van der Waals surface area (Å²) in [5.41, 5.74) is -4.74. The number of thioether (sulfide) groups is 1. The van der Waals surface area contributed by atoms with Gasteiger partial charge in [-0.2, -0.15) is 13.2 Å². The molecule has 0 amide bonds. The van der Waals surface area contributed by atoms with E-state index in [1.165, 1.54) is 0 Å². The first-order valence-corrected chi connectivity index (χ1v) is 12.9. The molecule has 32 heavy (non-hydrogen) atoms. The Hall–Kier alpha value is -2.05. The molecule has 1 aliphatic carbocycles. The fraction of sp³-hybridized carbons (Fsp3) is 0.308. The fourth-order valence-electron chi connectivity index (χ4n) is 4.21. The molecule has 0 N–H and O–H groups in total. The van der Waals surface area contributed by atoms with Gasteiger partial charge in [0, 0.05) is 6.07 Å². The van der Waals surface area contributed by atoms with Crippen LogP contribution in [0.25, 0.3) is 0 Å². The van der Waals surface area contributed by atoms with Crippen LogP contribution in [0.2, 0.25) is 0 Å². The van der Waals surface area contributed by atoms with Crippen LogP contribution in [-0.2, 0) is 10.9 Å². The molecule has 3 aromatic rings. The summed E-state index contributed by atoms with van der Waals surface area (Å²) in [6.45, 7) is 2.06. The Balaban J connectivity index is 1.80. The van der Waals surface area contributed by atoms with E-state index in [1.54, 1.807) is 6.07 Å². The van der Waals surface area contributed by atoms with Crippen molar-refractivity contribution in [2.45, 2.75) is 69.7 Å². The zero-order valence-electron chi connectivity index (χ0n) is 17.9. The Morgan fingerprint density at radius 1 is 0.844 bits per heavy atom. The predicted molar refractivity (Wildman–Crippen MR) is 126 cm³/mol. The van der Waals surface area contributed by atoms with Crippen LogP contribution in [0, 0.1) is 0 Å². The van der Waals surface area contributed by atoms with Crippen LogP contribution < -0.4 is 4.74 Å². The van der Waals surface area contributed by atoms with Gasteiger partial charge in [0.25, 0.3) is 0 Å². The Morgan fingerprint density at radius 2 is 1.41 bits per heavy atom. The van der Waals surface area contributed by atoms with Crippen molar-refractivity contribution < 1.29 is 17.9 Å². The maximum absolute atomic E-state index is 13.3. The molecule has 0 spiro atoms. The molecular formula is C26H26F3OS2+. The lowest BCUT2D eigenvalue weighted by molar-refractivity contribution is -0.0330. The van der Waals surface area contributed by atoms with E-state index in [4.69, 9.17) is 4.74 Å². The summed E-state index contributed by atoms with van der Waals surface area (Å²) < 4.78 is 46.4. The lowest BCUT2D eigenvalue weighted by atomic mass is 9.99. The molecule has 0 aliphatic heterocycles. The third kappa shape index (κ3) is 5.46. The van der Waals surface area contributed by atoms with Gasteiger partial charge in [-0.3, -0.25) is 0 Å². The largest absolute Gasteiger partial charge is 0.486 e. The number of ether oxygens (including phenoxy) is 1. The van der Waals surface area contributed by atoms with Gasteiger partial charge < -0.3 is 4.74 Å². The normalized spacial score (nSPS) is 15.8. The molecule has 0 aromatic heterocycles. The van der Waals surface area contributed by atoms with E-state index >= 15 is 0 Å². The van der Waals surface area contributed by atoms with Crippen molar-refractivity contribution in [3.63, 3.8) is 0 Å². The van der Waals surface area contributed by atoms with Crippen molar-refractivity contribution in [1.29, 1.82) is 0 Å². The average molecular weight is 476 g/mol. The first-order chi connectivity index (χ1) is 15.4. The topological polar surface area (TPSA) is 9.23 Å². The second-order valence-electron chi connectivity index (χ2n) is 7.93. The molecule has 0 bridgehead atoms. The van der Waals surface area contributed by atoms with Crippen molar-refractivity contribution in [1.82, 2.24) is 0 Å². The van der Waals surface area contributed by atoms with Gasteiger partial charge >= 0.3 is 5.51 Å². The first kappa shape index (κ1) is 23.1. The molecule has 4 rings (SSSR count). The molecular weight excluding hydrogens is 449 g/mol. The number of halogens is 3. The number of rotatable bonds is 7. The summed E-state index contributed by atoms with van der Waals surface area (Å²) in [5, 5.41) is 0. The van der Waals surface area contributed by atoms with E-state index < -0.39 is 16.4 Å². The molecule has 0 atom stereocenters. The first-order valence-electron chi connectivity index (χ1n) is 10.8. The Kier molecular flexibility index (Phi) is 7.11. The number of hydrogen-bond acceptors (Lipinski definition) is 2. The lowest BCUT2D eigenvalue weighted by Gasteiger charge is -2.30. The maximum atomic E-state index is 13.3. The quantitative estimate of drug-likeness (QED) is 0.250. The number of hydrogen-bond donors (Lipinski definition) is 0. The van der Waals surface area contributed by atoms with Gasteiger partial charge in [-0.05, 0) is 80.3 Å². The van der Waals surface area contributed by atoms with Crippen LogP contribution in [0.1, 0.15) is 39.0 Å². The molecule has 1 saturated carbocycles.